The zero-order valence-electron chi connectivity index (χ0n) is 10.8. The van der Waals surface area contributed by atoms with Gasteiger partial charge in [0.25, 0.3) is 5.69 Å². The number of aliphatic hydroxyl groups excluding tert-OH is 1. The van der Waals surface area contributed by atoms with Crippen molar-refractivity contribution in [3.8, 4) is 0 Å². The molecule has 0 bridgehead atoms. The van der Waals surface area contributed by atoms with Crippen LogP contribution in [0.1, 0.15) is 11.7 Å². The lowest BCUT2D eigenvalue weighted by Crippen LogP contribution is -2.13. The fourth-order valence-corrected chi connectivity index (χ4v) is 1.99. The van der Waals surface area contributed by atoms with Crippen molar-refractivity contribution < 1.29 is 14.4 Å². The fourth-order valence-electron chi connectivity index (χ4n) is 1.83. The van der Waals surface area contributed by atoms with Gasteiger partial charge >= 0.3 is 0 Å². The second-order valence-electron chi connectivity index (χ2n) is 4.35. The highest BCUT2D eigenvalue weighted by Gasteiger charge is 2.18. The number of aliphatic hydroxyl groups is 1. The summed E-state index contributed by atoms with van der Waals surface area (Å²) in [5.74, 6) is -0.765. The average Bonchev–Trinajstić information content (AvgIpc) is 2.48. The van der Waals surface area contributed by atoms with Crippen molar-refractivity contribution >= 4 is 23.0 Å². The molecule has 2 rings (SSSR count). The van der Waals surface area contributed by atoms with Crippen LogP contribution >= 0.6 is 11.6 Å². The Morgan fingerprint density at radius 3 is 2.62 bits per heavy atom. The fraction of sp³-hybridized carbons (Fsp3) is 0.143. The molecule has 7 heteroatoms. The zero-order chi connectivity index (χ0) is 15.4. The van der Waals surface area contributed by atoms with Gasteiger partial charge in [0.05, 0.1) is 16.0 Å². The SMILES string of the molecule is O=[N+]([O-])c1cc(Cl)c(F)cc1NCC(O)c1ccccc1. The minimum atomic E-state index is -0.871. The Balaban J connectivity index is 2.16. The van der Waals surface area contributed by atoms with Crippen molar-refractivity contribution in [3.63, 3.8) is 0 Å². The molecule has 21 heavy (non-hydrogen) atoms. The summed E-state index contributed by atoms with van der Waals surface area (Å²) in [7, 11) is 0. The minimum Gasteiger partial charge on any atom is -0.387 e. The van der Waals surface area contributed by atoms with Crippen LogP contribution in [0.15, 0.2) is 42.5 Å². The number of nitro benzene ring substituents is 1. The summed E-state index contributed by atoms with van der Waals surface area (Å²) in [5.41, 5.74) is 0.278. The smallest absolute Gasteiger partial charge is 0.294 e. The van der Waals surface area contributed by atoms with Gasteiger partial charge in [-0.15, -0.1) is 0 Å². The first kappa shape index (κ1) is 15.2. The van der Waals surface area contributed by atoms with E-state index < -0.39 is 16.8 Å². The number of nitrogens with one attached hydrogen (secondary N) is 1. The Bertz CT molecular complexity index is 652. The van der Waals surface area contributed by atoms with Crippen LogP contribution in [0.5, 0.6) is 0 Å². The van der Waals surface area contributed by atoms with Crippen LogP contribution < -0.4 is 5.32 Å². The maximum atomic E-state index is 13.4. The summed E-state index contributed by atoms with van der Waals surface area (Å²) in [6.45, 7) is 0.00588. The van der Waals surface area contributed by atoms with E-state index >= 15 is 0 Å². The molecule has 0 aliphatic rings. The third-order valence-electron chi connectivity index (χ3n) is 2.91. The van der Waals surface area contributed by atoms with Crippen LogP contribution in [0.2, 0.25) is 5.02 Å². The highest BCUT2D eigenvalue weighted by molar-refractivity contribution is 6.31. The topological polar surface area (TPSA) is 75.4 Å². The van der Waals surface area contributed by atoms with Crippen LogP contribution in [0.3, 0.4) is 0 Å². The van der Waals surface area contributed by atoms with E-state index in [2.05, 4.69) is 5.32 Å². The Morgan fingerprint density at radius 2 is 2.00 bits per heavy atom. The molecule has 0 aromatic heterocycles. The lowest BCUT2D eigenvalue weighted by Gasteiger charge is -2.13. The zero-order valence-corrected chi connectivity index (χ0v) is 11.5. The summed E-state index contributed by atoms with van der Waals surface area (Å²) >= 11 is 5.53. The molecule has 110 valence electrons. The van der Waals surface area contributed by atoms with E-state index in [9.17, 15) is 19.6 Å². The number of hydrogen-bond acceptors (Lipinski definition) is 4. The molecule has 0 fully saturated rings. The summed E-state index contributed by atoms with van der Waals surface area (Å²) in [6, 6.07) is 10.7. The third-order valence-corrected chi connectivity index (χ3v) is 3.20. The standard InChI is InChI=1S/C14H12ClFN2O3/c15-10-6-13(18(20)21)12(7-11(10)16)17-8-14(19)9-4-2-1-3-5-9/h1-7,14,17,19H,8H2. The first-order chi connectivity index (χ1) is 9.99. The van der Waals surface area contributed by atoms with Gasteiger partial charge in [-0.3, -0.25) is 10.1 Å². The Kier molecular flexibility index (Phi) is 4.72. The number of nitro groups is 1. The van der Waals surface area contributed by atoms with Crippen LogP contribution in [0.25, 0.3) is 0 Å². The van der Waals surface area contributed by atoms with E-state index in [0.29, 0.717) is 5.56 Å². The highest BCUT2D eigenvalue weighted by atomic mass is 35.5. The highest BCUT2D eigenvalue weighted by Crippen LogP contribution is 2.30. The molecule has 0 aliphatic heterocycles. The molecule has 2 aromatic carbocycles. The molecule has 0 saturated heterocycles. The lowest BCUT2D eigenvalue weighted by atomic mass is 10.1. The predicted octanol–water partition coefficient (Wildman–Crippen LogP) is 3.53. The molecule has 5 nitrogen and oxygen atoms in total. The van der Waals surface area contributed by atoms with Crippen molar-refractivity contribution in [2.75, 3.05) is 11.9 Å². The molecule has 2 aromatic rings. The molecule has 0 saturated carbocycles. The molecular formula is C14H12ClFN2O3. The Labute approximate surface area is 125 Å². The number of rotatable bonds is 5. The van der Waals surface area contributed by atoms with Gasteiger partial charge in [0, 0.05) is 18.7 Å². The molecule has 0 amide bonds. The van der Waals surface area contributed by atoms with E-state index in [1.54, 1.807) is 24.3 Å². The van der Waals surface area contributed by atoms with E-state index in [0.717, 1.165) is 12.1 Å². The van der Waals surface area contributed by atoms with Gasteiger partial charge in [-0.05, 0) is 5.56 Å². The molecule has 1 atom stereocenters. The van der Waals surface area contributed by atoms with Gasteiger partial charge in [0.1, 0.15) is 11.5 Å². The van der Waals surface area contributed by atoms with E-state index in [1.807, 2.05) is 6.07 Å². The number of hydrogen-bond donors (Lipinski definition) is 2. The monoisotopic (exact) mass is 310 g/mol. The summed E-state index contributed by atoms with van der Waals surface area (Å²) in [4.78, 5) is 10.3. The van der Waals surface area contributed by atoms with Crippen molar-refractivity contribution in [2.45, 2.75) is 6.10 Å². The second-order valence-corrected chi connectivity index (χ2v) is 4.76. The first-order valence-electron chi connectivity index (χ1n) is 6.09. The quantitative estimate of drug-likeness (QED) is 0.654. The molecule has 0 aliphatic carbocycles. The van der Waals surface area contributed by atoms with Crippen molar-refractivity contribution in [1.29, 1.82) is 0 Å². The normalized spacial score (nSPS) is 12.0. The molecule has 0 spiro atoms. The number of anilines is 1. The summed E-state index contributed by atoms with van der Waals surface area (Å²) in [6.07, 6.45) is -0.871. The number of nitrogens with zero attached hydrogens (tertiary/aromatic N) is 1. The van der Waals surface area contributed by atoms with Gasteiger partial charge in [-0.1, -0.05) is 41.9 Å². The van der Waals surface area contributed by atoms with Crippen LogP contribution in [-0.2, 0) is 0 Å². The molecule has 0 radical (unpaired) electrons. The van der Waals surface area contributed by atoms with E-state index in [4.69, 9.17) is 11.6 Å². The Morgan fingerprint density at radius 1 is 1.33 bits per heavy atom. The maximum Gasteiger partial charge on any atom is 0.294 e. The van der Waals surface area contributed by atoms with Crippen molar-refractivity contribution in [1.82, 2.24) is 0 Å². The lowest BCUT2D eigenvalue weighted by molar-refractivity contribution is -0.384. The van der Waals surface area contributed by atoms with E-state index in [-0.39, 0.29) is 22.9 Å². The second kappa shape index (κ2) is 6.51. The molecular weight excluding hydrogens is 299 g/mol. The first-order valence-corrected chi connectivity index (χ1v) is 6.47. The number of benzene rings is 2. The predicted molar refractivity (Wildman–Crippen MR) is 78.0 cm³/mol. The largest absolute Gasteiger partial charge is 0.387 e. The summed E-state index contributed by atoms with van der Waals surface area (Å²) < 4.78 is 13.4. The minimum absolute atomic E-state index is 0.00588. The van der Waals surface area contributed by atoms with E-state index in [1.165, 1.54) is 0 Å². The summed E-state index contributed by atoms with van der Waals surface area (Å²) in [5, 5.41) is 23.3. The van der Waals surface area contributed by atoms with Crippen molar-refractivity contribution in [3.05, 3.63) is 69.0 Å². The maximum absolute atomic E-state index is 13.4. The average molecular weight is 311 g/mol. The molecule has 1 unspecified atom stereocenters. The van der Waals surface area contributed by atoms with Gasteiger partial charge in [-0.2, -0.15) is 0 Å². The van der Waals surface area contributed by atoms with Gasteiger partial charge < -0.3 is 10.4 Å². The van der Waals surface area contributed by atoms with Crippen LogP contribution in [0.4, 0.5) is 15.8 Å². The van der Waals surface area contributed by atoms with Gasteiger partial charge in [0.2, 0.25) is 0 Å². The van der Waals surface area contributed by atoms with Crippen LogP contribution in [0, 0.1) is 15.9 Å². The van der Waals surface area contributed by atoms with Crippen LogP contribution in [-0.4, -0.2) is 16.6 Å². The van der Waals surface area contributed by atoms with Crippen molar-refractivity contribution in [2.24, 2.45) is 0 Å². The van der Waals surface area contributed by atoms with Gasteiger partial charge in [-0.25, -0.2) is 4.39 Å². The Hall–Kier alpha value is -2.18. The number of halogens is 2. The molecule has 2 N–H and O–H groups in total. The molecule has 0 heterocycles. The van der Waals surface area contributed by atoms with Gasteiger partial charge in [0.15, 0.2) is 0 Å². The third kappa shape index (κ3) is 3.68.